The average Bonchev–Trinajstić information content (AvgIpc) is 3.24. The lowest BCUT2D eigenvalue weighted by Crippen LogP contribution is -2.13. The van der Waals surface area contributed by atoms with Crippen LogP contribution in [0.5, 0.6) is 5.75 Å². The number of aryl methyl sites for hydroxylation is 2. The molecule has 4 aromatic rings. The summed E-state index contributed by atoms with van der Waals surface area (Å²) in [6.45, 7) is 4.59. The highest BCUT2D eigenvalue weighted by molar-refractivity contribution is 7.87. The molecule has 2 heterocycles. The van der Waals surface area contributed by atoms with Gasteiger partial charge in [0.05, 0.1) is 17.0 Å². The smallest absolute Gasteiger partial charge is 0.341 e. The maximum absolute atomic E-state index is 13.4. The van der Waals surface area contributed by atoms with Crippen LogP contribution in [0.1, 0.15) is 22.7 Å². The number of benzene rings is 2. The van der Waals surface area contributed by atoms with E-state index in [4.69, 9.17) is 8.71 Å². The van der Waals surface area contributed by atoms with Gasteiger partial charge in [0.25, 0.3) is 0 Å². The van der Waals surface area contributed by atoms with Crippen molar-refractivity contribution >= 4 is 37.7 Å². The van der Waals surface area contributed by atoms with Gasteiger partial charge in [-0.1, -0.05) is 23.4 Å². The number of hydrogen-bond donors (Lipinski definition) is 2. The molecule has 4 rings (SSSR count). The molecule has 0 radical (unpaired) electrons. The molecule has 2 aromatic heterocycles. The van der Waals surface area contributed by atoms with E-state index in [1.807, 2.05) is 0 Å². The molecule has 1 N–H and O–H groups in total. The zero-order valence-corrected chi connectivity index (χ0v) is 20.7. The molecule has 0 bridgehead atoms. The molecule has 184 valence electrons. The molecule has 0 fully saturated rings. The molecule has 0 saturated heterocycles. The Morgan fingerprint density at radius 2 is 1.80 bits per heavy atom. The number of nitrogens with zero attached hydrogens (tertiary/aromatic N) is 2. The number of rotatable bonds is 8. The Morgan fingerprint density at radius 3 is 2.37 bits per heavy atom. The Kier molecular flexibility index (Phi) is 6.43. The second-order valence-electron chi connectivity index (χ2n) is 8.00. The summed E-state index contributed by atoms with van der Waals surface area (Å²) >= 11 is 0. The van der Waals surface area contributed by atoms with Crippen LogP contribution < -0.4 is 4.18 Å². The van der Waals surface area contributed by atoms with E-state index in [1.54, 1.807) is 32.0 Å². The summed E-state index contributed by atoms with van der Waals surface area (Å²) in [6.07, 6.45) is 0. The van der Waals surface area contributed by atoms with Crippen molar-refractivity contribution in [2.75, 3.05) is 0 Å². The number of carboxylic acid groups (broad SMARTS) is 1. The molecule has 10 nitrogen and oxygen atoms in total. The van der Waals surface area contributed by atoms with E-state index in [2.05, 4.69) is 5.16 Å². The van der Waals surface area contributed by atoms with Gasteiger partial charge in [-0.25, -0.2) is 8.42 Å². The van der Waals surface area contributed by atoms with Gasteiger partial charge >= 0.3 is 16.1 Å². The van der Waals surface area contributed by atoms with Gasteiger partial charge < -0.3 is 18.4 Å². The summed E-state index contributed by atoms with van der Waals surface area (Å²) < 4.78 is 60.7. The van der Waals surface area contributed by atoms with Crippen LogP contribution in [0.2, 0.25) is 0 Å². The maximum Gasteiger partial charge on any atom is 0.341 e. The maximum atomic E-state index is 13.4. The van der Waals surface area contributed by atoms with Gasteiger partial charge in [-0.3, -0.25) is 4.79 Å². The van der Waals surface area contributed by atoms with E-state index >= 15 is 0 Å². The molecule has 0 aliphatic heterocycles. The minimum Gasteiger partial charge on any atom is -0.480 e. The minimum atomic E-state index is -4.40. The lowest BCUT2D eigenvalue weighted by atomic mass is 10.0. The molecule has 0 spiro atoms. The Hall–Kier alpha value is -3.64. The van der Waals surface area contributed by atoms with Crippen LogP contribution in [0.15, 0.2) is 51.9 Å². The molecule has 0 unspecified atom stereocenters. The van der Waals surface area contributed by atoms with Gasteiger partial charge in [0, 0.05) is 16.6 Å². The number of aliphatic carboxylic acids is 1. The number of fused-ring (bicyclic) bond motifs is 1. The first-order valence-corrected chi connectivity index (χ1v) is 13.2. The number of carbonyl (C=O) groups is 1. The predicted octanol–water partition coefficient (Wildman–Crippen LogP) is 3.19. The van der Waals surface area contributed by atoms with Gasteiger partial charge in [-0.05, 0) is 56.2 Å². The van der Waals surface area contributed by atoms with Gasteiger partial charge in [0.15, 0.2) is 0 Å². The number of hydrogen-bond acceptors (Lipinski definition) is 8. The molecule has 0 aliphatic rings. The molecular weight excluding hydrogens is 496 g/mol. The van der Waals surface area contributed by atoms with Crippen molar-refractivity contribution < 1.29 is 35.4 Å². The Labute approximate surface area is 202 Å². The number of thiol groups is 1. The second-order valence-corrected chi connectivity index (χ2v) is 10.5. The van der Waals surface area contributed by atoms with Crippen molar-refractivity contribution in [2.45, 2.75) is 38.0 Å². The van der Waals surface area contributed by atoms with Crippen molar-refractivity contribution in [3.05, 3.63) is 65.2 Å². The van der Waals surface area contributed by atoms with Crippen LogP contribution in [0, 0.1) is 20.8 Å². The van der Waals surface area contributed by atoms with Crippen molar-refractivity contribution in [1.82, 2.24) is 9.72 Å². The quantitative estimate of drug-likeness (QED) is 0.265. The van der Waals surface area contributed by atoms with Crippen LogP contribution >= 0.6 is 0 Å². The van der Waals surface area contributed by atoms with Crippen molar-refractivity contribution in [3.8, 4) is 16.9 Å². The zero-order chi connectivity index (χ0) is 25.5. The second kappa shape index (κ2) is 9.19. The number of carboxylic acids is 1. The van der Waals surface area contributed by atoms with Gasteiger partial charge in [-0.15, -0.1) is 0 Å². The molecule has 35 heavy (non-hydrogen) atoms. The third-order valence-electron chi connectivity index (χ3n) is 5.57. The fraction of sp³-hybridized carbons (Fsp3) is 0.217. The molecule has 0 amide bonds. The summed E-state index contributed by atoms with van der Waals surface area (Å²) in [7, 11) is -7.02. The third kappa shape index (κ3) is 4.80. The van der Waals surface area contributed by atoms with E-state index in [0.29, 0.717) is 39.0 Å². The SMILES string of the molecule is Cc1noc(C)c1-c1ccc2c(c1)c(S(=O)(=O)Oc1ccc(C[SH](=O)=O)cc1)c(C)n2CC(=O)O. The minimum absolute atomic E-state index is 0.00436. The molecule has 12 heteroatoms. The summed E-state index contributed by atoms with van der Waals surface area (Å²) in [6, 6.07) is 10.7. The molecule has 0 atom stereocenters. The number of aromatic nitrogens is 2. The Balaban J connectivity index is 1.86. The first kappa shape index (κ1) is 24.5. The monoisotopic (exact) mass is 518 g/mol. The van der Waals surface area contributed by atoms with E-state index in [0.717, 1.165) is 0 Å². The van der Waals surface area contributed by atoms with Crippen molar-refractivity contribution in [3.63, 3.8) is 0 Å². The topological polar surface area (TPSA) is 146 Å². The van der Waals surface area contributed by atoms with Crippen LogP contribution in [-0.2, 0) is 37.9 Å². The molecule has 0 aliphatic carbocycles. The Morgan fingerprint density at radius 1 is 1.11 bits per heavy atom. The summed E-state index contributed by atoms with van der Waals surface area (Å²) in [5.74, 6) is -0.745. The first-order chi connectivity index (χ1) is 16.5. The highest BCUT2D eigenvalue weighted by atomic mass is 32.2. The fourth-order valence-corrected chi connectivity index (χ4v) is 5.99. The van der Waals surface area contributed by atoms with Crippen LogP contribution in [0.25, 0.3) is 22.0 Å². The first-order valence-electron chi connectivity index (χ1n) is 10.4. The van der Waals surface area contributed by atoms with Crippen LogP contribution in [-0.4, -0.2) is 37.6 Å². The zero-order valence-electron chi connectivity index (χ0n) is 19.0. The van der Waals surface area contributed by atoms with Gasteiger partial charge in [0.1, 0.15) is 33.7 Å². The molecule has 0 saturated carbocycles. The lowest BCUT2D eigenvalue weighted by molar-refractivity contribution is -0.137. The van der Waals surface area contributed by atoms with Crippen molar-refractivity contribution in [2.24, 2.45) is 0 Å². The van der Waals surface area contributed by atoms with E-state index in [-0.39, 0.29) is 22.1 Å². The van der Waals surface area contributed by atoms with Crippen molar-refractivity contribution in [1.29, 1.82) is 0 Å². The highest BCUT2D eigenvalue weighted by Crippen LogP contribution is 2.36. The summed E-state index contributed by atoms with van der Waals surface area (Å²) in [5.41, 5.74) is 3.12. The Bertz CT molecular complexity index is 1600. The standard InChI is InChI=1S/C23H22N2O8S2/c1-13-22(15(3)32-24-13)17-6-9-20-19(10-17)23(14(2)25(20)11-21(26)27)35(30,31)33-18-7-4-16(5-8-18)12-34(28)29/h4-10,34H,11-12H2,1-3H3,(H,26,27). The fourth-order valence-electron chi connectivity index (χ4n) is 4.12. The highest BCUT2D eigenvalue weighted by Gasteiger charge is 2.29. The van der Waals surface area contributed by atoms with E-state index in [1.165, 1.54) is 35.8 Å². The predicted molar refractivity (Wildman–Crippen MR) is 128 cm³/mol. The summed E-state index contributed by atoms with van der Waals surface area (Å²) in [5, 5.41) is 13.6. The summed E-state index contributed by atoms with van der Waals surface area (Å²) in [4.78, 5) is 11.3. The molecular formula is C23H22N2O8S2. The van der Waals surface area contributed by atoms with Gasteiger partial charge in [0.2, 0.25) is 0 Å². The van der Waals surface area contributed by atoms with Gasteiger partial charge in [-0.2, -0.15) is 8.42 Å². The largest absolute Gasteiger partial charge is 0.480 e. The average molecular weight is 519 g/mol. The van der Waals surface area contributed by atoms with E-state index in [9.17, 15) is 26.7 Å². The van der Waals surface area contributed by atoms with Crippen LogP contribution in [0.3, 0.4) is 0 Å². The normalized spacial score (nSPS) is 11.9. The lowest BCUT2D eigenvalue weighted by Gasteiger charge is -2.09. The van der Waals surface area contributed by atoms with Crippen LogP contribution in [0.4, 0.5) is 0 Å². The van der Waals surface area contributed by atoms with E-state index < -0.39 is 33.3 Å². The molecule has 2 aromatic carbocycles. The third-order valence-corrected chi connectivity index (χ3v) is 7.62.